The number of carboxylic acids is 1. The van der Waals surface area contributed by atoms with Crippen LogP contribution >= 0.6 is 11.8 Å². The van der Waals surface area contributed by atoms with Crippen LogP contribution in [0.25, 0.3) is 0 Å². The monoisotopic (exact) mass is 577 g/mol. The second kappa shape index (κ2) is 10.6. The smallest absolute Gasteiger partial charge is 0.411 e. The van der Waals surface area contributed by atoms with Crippen molar-refractivity contribution in [2.45, 2.75) is 71.5 Å². The number of aliphatic carboxylic acids is 1. The summed E-state index contributed by atoms with van der Waals surface area (Å²) in [5, 5.41) is 21.0. The summed E-state index contributed by atoms with van der Waals surface area (Å²) in [6.07, 6.45) is -0.254. The number of nitro groups is 1. The van der Waals surface area contributed by atoms with E-state index in [0.717, 1.165) is 0 Å². The maximum atomic E-state index is 13.5. The number of non-ortho nitro benzene ring substituents is 1. The molecule has 3 aliphatic rings. The highest BCUT2D eigenvalue weighted by molar-refractivity contribution is 7.99. The molecule has 2 amide bonds. The Hall–Kier alpha value is -2.90. The Morgan fingerprint density at radius 1 is 1.21 bits per heavy atom. The van der Waals surface area contributed by atoms with E-state index in [2.05, 4.69) is 13.1 Å². The molecule has 4 rings (SSSR count). The van der Waals surface area contributed by atoms with E-state index >= 15 is 0 Å². The van der Waals surface area contributed by atoms with Gasteiger partial charge in [0.2, 0.25) is 5.91 Å². The molecule has 0 radical (unpaired) electrons. The first kappa shape index (κ1) is 29.1. The number of hydrogen-bond acceptors (Lipinski definition) is 8. The molecule has 0 aliphatic carbocycles. The summed E-state index contributed by atoms with van der Waals surface area (Å²) in [6, 6.07) is 4.86. The molecule has 3 aliphatic heterocycles. The molecule has 0 unspecified atom stereocenters. The standard InChI is InChI=1S/C26H35N3O8SSi/c1-25(2,3)26(4,37-39(5)6)20-18-11-17(21(23(31)32)28(18)22(20)30)19-13-38-14-27(19)24(33)36-12-15-7-9-16(10-8-15)29(34)35/h7-10,18-20,39H,11-14H2,1-6H3,(H,31,32)/t18-,19+,20-,26-/m1/s1. The van der Waals surface area contributed by atoms with Crippen molar-refractivity contribution in [2.75, 3.05) is 11.6 Å². The molecule has 1 N–H and O–H groups in total. The van der Waals surface area contributed by atoms with Crippen LogP contribution in [0, 0.1) is 21.4 Å². The Morgan fingerprint density at radius 3 is 2.38 bits per heavy atom. The van der Waals surface area contributed by atoms with Gasteiger partial charge in [-0.3, -0.25) is 19.8 Å². The van der Waals surface area contributed by atoms with Gasteiger partial charge >= 0.3 is 12.1 Å². The third kappa shape index (κ3) is 5.19. The highest BCUT2D eigenvalue weighted by Crippen LogP contribution is 2.54. The van der Waals surface area contributed by atoms with Crippen LogP contribution in [0.5, 0.6) is 0 Å². The van der Waals surface area contributed by atoms with Gasteiger partial charge < -0.3 is 19.2 Å². The SMILES string of the molecule is C[SiH](C)O[C@](C)([C@H]1C(=O)N2C(C(=O)O)=C([C@@H]3CSCN3C(=O)OCc3ccc([N+](=O)[O-])cc3)C[C@H]12)C(C)(C)C. The fraction of sp³-hybridized carbons (Fsp3) is 0.577. The Morgan fingerprint density at radius 2 is 1.85 bits per heavy atom. The minimum Gasteiger partial charge on any atom is -0.477 e. The van der Waals surface area contributed by atoms with Gasteiger partial charge in [0.05, 0.1) is 34.4 Å². The lowest BCUT2D eigenvalue weighted by Gasteiger charge is -2.57. The summed E-state index contributed by atoms with van der Waals surface area (Å²) in [5.74, 6) is -1.12. The fourth-order valence-electron chi connectivity index (χ4n) is 5.70. The van der Waals surface area contributed by atoms with Gasteiger partial charge in [-0.1, -0.05) is 20.8 Å². The molecular weight excluding hydrogens is 542 g/mol. The van der Waals surface area contributed by atoms with Crippen molar-refractivity contribution >= 4 is 44.5 Å². The topological polar surface area (TPSA) is 140 Å². The molecule has 0 bridgehead atoms. The summed E-state index contributed by atoms with van der Waals surface area (Å²) in [6.45, 7) is 12.1. The van der Waals surface area contributed by atoms with Crippen LogP contribution in [0.15, 0.2) is 35.5 Å². The van der Waals surface area contributed by atoms with Crippen LogP contribution in [0.2, 0.25) is 13.1 Å². The lowest BCUT2D eigenvalue weighted by atomic mass is 9.63. The van der Waals surface area contributed by atoms with Gasteiger partial charge in [0, 0.05) is 17.9 Å². The number of fused-ring (bicyclic) bond motifs is 1. The number of amides is 2. The van der Waals surface area contributed by atoms with Crippen LogP contribution in [0.1, 0.15) is 39.7 Å². The lowest BCUT2D eigenvalue weighted by Crippen LogP contribution is -2.70. The Labute approximate surface area is 233 Å². The molecule has 39 heavy (non-hydrogen) atoms. The van der Waals surface area contributed by atoms with E-state index in [1.807, 2.05) is 27.7 Å². The normalized spacial score (nSPS) is 24.5. The average Bonchev–Trinajstić information content (AvgIpc) is 3.44. The van der Waals surface area contributed by atoms with Crippen molar-refractivity contribution in [3.05, 3.63) is 51.2 Å². The lowest BCUT2D eigenvalue weighted by molar-refractivity contribution is -0.384. The quantitative estimate of drug-likeness (QED) is 0.210. The molecule has 212 valence electrons. The van der Waals surface area contributed by atoms with E-state index in [1.54, 1.807) is 0 Å². The first-order valence-corrected chi connectivity index (χ1v) is 16.8. The van der Waals surface area contributed by atoms with Crippen molar-refractivity contribution in [1.82, 2.24) is 9.80 Å². The zero-order valence-electron chi connectivity index (χ0n) is 23.0. The maximum absolute atomic E-state index is 13.5. The number of carbonyl (C=O) groups is 3. The van der Waals surface area contributed by atoms with Crippen molar-refractivity contribution in [2.24, 2.45) is 11.3 Å². The van der Waals surface area contributed by atoms with Crippen LogP contribution in [0.4, 0.5) is 10.5 Å². The maximum Gasteiger partial charge on any atom is 0.411 e. The molecule has 0 spiro atoms. The van der Waals surface area contributed by atoms with Crippen molar-refractivity contribution in [3.8, 4) is 0 Å². The van der Waals surface area contributed by atoms with E-state index in [-0.39, 0.29) is 35.4 Å². The van der Waals surface area contributed by atoms with E-state index < -0.39 is 43.6 Å². The third-order valence-corrected chi connectivity index (χ3v) is 9.96. The first-order chi connectivity index (χ1) is 18.2. The Balaban J connectivity index is 1.54. The van der Waals surface area contributed by atoms with Crippen molar-refractivity contribution in [3.63, 3.8) is 0 Å². The van der Waals surface area contributed by atoms with Crippen LogP contribution in [0.3, 0.4) is 0 Å². The summed E-state index contributed by atoms with van der Waals surface area (Å²) in [4.78, 5) is 52.3. The molecule has 2 saturated heterocycles. The zero-order chi connectivity index (χ0) is 28.9. The van der Waals surface area contributed by atoms with Gasteiger partial charge in [0.25, 0.3) is 5.69 Å². The predicted octanol–water partition coefficient (Wildman–Crippen LogP) is 3.98. The molecule has 1 aromatic rings. The molecule has 4 atom stereocenters. The summed E-state index contributed by atoms with van der Waals surface area (Å²) in [5.41, 5.74) is -0.0789. The predicted molar refractivity (Wildman–Crippen MR) is 147 cm³/mol. The van der Waals surface area contributed by atoms with E-state index in [9.17, 15) is 29.6 Å². The summed E-state index contributed by atoms with van der Waals surface area (Å²) >= 11 is 1.49. The number of nitro benzene ring substituents is 1. The minimum absolute atomic E-state index is 0.0417. The Kier molecular flexibility index (Phi) is 7.89. The number of carboxylic acid groups (broad SMARTS) is 1. The van der Waals surface area contributed by atoms with Gasteiger partial charge in [-0.15, -0.1) is 11.8 Å². The molecule has 3 heterocycles. The number of hydrogen-bond donors (Lipinski definition) is 1. The zero-order valence-corrected chi connectivity index (χ0v) is 25.0. The van der Waals surface area contributed by atoms with Crippen LogP contribution < -0.4 is 0 Å². The highest BCUT2D eigenvalue weighted by atomic mass is 32.2. The Bertz CT molecular complexity index is 1210. The summed E-state index contributed by atoms with van der Waals surface area (Å²) in [7, 11) is -1.54. The van der Waals surface area contributed by atoms with Gasteiger partial charge in [0.15, 0.2) is 9.04 Å². The second-order valence-electron chi connectivity index (χ2n) is 11.6. The molecule has 0 saturated carbocycles. The van der Waals surface area contributed by atoms with Crippen LogP contribution in [-0.2, 0) is 25.4 Å². The fourth-order valence-corrected chi connectivity index (χ4v) is 8.37. The number of carbonyl (C=O) groups excluding carboxylic acids is 2. The molecule has 1 aromatic carbocycles. The number of thioether (sulfide) groups is 1. The first-order valence-electron chi connectivity index (χ1n) is 12.9. The van der Waals surface area contributed by atoms with Gasteiger partial charge in [0.1, 0.15) is 12.3 Å². The third-order valence-electron chi connectivity index (χ3n) is 7.99. The molecule has 0 aromatic heterocycles. The van der Waals surface area contributed by atoms with E-state index in [1.165, 1.54) is 45.8 Å². The van der Waals surface area contributed by atoms with Gasteiger partial charge in [-0.2, -0.15) is 0 Å². The van der Waals surface area contributed by atoms with E-state index in [4.69, 9.17) is 9.16 Å². The second-order valence-corrected chi connectivity index (χ2v) is 15.0. The number of rotatable bonds is 8. The largest absolute Gasteiger partial charge is 0.477 e. The molecular formula is C26H35N3O8SSi. The average molecular weight is 578 g/mol. The highest BCUT2D eigenvalue weighted by Gasteiger charge is 2.65. The molecule has 2 fully saturated rings. The number of β-lactam (4-membered cyclic amide) rings is 1. The van der Waals surface area contributed by atoms with Crippen molar-refractivity contribution < 1.29 is 33.6 Å². The summed E-state index contributed by atoms with van der Waals surface area (Å²) < 4.78 is 12.0. The number of benzene rings is 1. The number of nitrogens with zero attached hydrogens (tertiary/aromatic N) is 3. The number of ether oxygens (including phenoxy) is 1. The van der Waals surface area contributed by atoms with E-state index in [0.29, 0.717) is 29.2 Å². The van der Waals surface area contributed by atoms with Gasteiger partial charge in [-0.25, -0.2) is 9.59 Å². The molecule has 11 nitrogen and oxygen atoms in total. The minimum atomic E-state index is -1.54. The van der Waals surface area contributed by atoms with Crippen LogP contribution in [-0.4, -0.2) is 76.2 Å². The molecule has 13 heteroatoms. The van der Waals surface area contributed by atoms with Gasteiger partial charge in [-0.05, 0) is 55.1 Å². The van der Waals surface area contributed by atoms with Crippen molar-refractivity contribution in [1.29, 1.82) is 0 Å².